The highest BCUT2D eigenvalue weighted by molar-refractivity contribution is 7.80. The molecule has 0 saturated heterocycles. The molecular weight excluding hydrogens is 398 g/mol. The van der Waals surface area contributed by atoms with E-state index in [2.05, 4.69) is 15.8 Å². The zero-order valence-electron chi connectivity index (χ0n) is 16.5. The lowest BCUT2D eigenvalue weighted by atomic mass is 9.98. The van der Waals surface area contributed by atoms with Gasteiger partial charge < -0.3 is 15.5 Å². The number of carbonyl (C=O) groups is 1. The van der Waals surface area contributed by atoms with Gasteiger partial charge in [0.1, 0.15) is 5.75 Å². The van der Waals surface area contributed by atoms with E-state index in [1.807, 2.05) is 44.2 Å². The third-order valence-corrected chi connectivity index (χ3v) is 4.84. The Morgan fingerprint density at radius 2 is 1.77 bits per heavy atom. The van der Waals surface area contributed by atoms with E-state index in [4.69, 9.17) is 17.3 Å². The Labute approximate surface area is 179 Å². The molecule has 6 nitrogen and oxygen atoms in total. The number of aryl methyl sites for hydroxylation is 2. The third-order valence-electron chi connectivity index (χ3n) is 4.64. The maximum atomic E-state index is 10.9. The summed E-state index contributed by atoms with van der Waals surface area (Å²) in [6.07, 6.45) is 1.49. The highest BCUT2D eigenvalue weighted by Gasteiger charge is 2.09. The van der Waals surface area contributed by atoms with Gasteiger partial charge in [0.15, 0.2) is 5.11 Å². The predicted octanol–water partition coefficient (Wildman–Crippen LogP) is 4.69. The number of anilines is 1. The van der Waals surface area contributed by atoms with Crippen LogP contribution in [0.5, 0.6) is 5.75 Å². The van der Waals surface area contributed by atoms with Crippen molar-refractivity contribution in [3.63, 3.8) is 0 Å². The SMILES string of the molecule is Cc1ccc(-c2cccc(/C=N/NC(=S)Nc3ccc(C(=O)O)cc3)c2O)cc1C. The maximum absolute atomic E-state index is 10.9. The Morgan fingerprint density at radius 1 is 1.03 bits per heavy atom. The van der Waals surface area contributed by atoms with Crippen molar-refractivity contribution < 1.29 is 15.0 Å². The van der Waals surface area contributed by atoms with Crippen LogP contribution >= 0.6 is 12.2 Å². The van der Waals surface area contributed by atoms with Gasteiger partial charge in [-0.2, -0.15) is 5.10 Å². The van der Waals surface area contributed by atoms with Crippen molar-refractivity contribution in [2.45, 2.75) is 13.8 Å². The van der Waals surface area contributed by atoms with Crippen molar-refractivity contribution in [3.05, 3.63) is 82.9 Å². The molecule has 0 radical (unpaired) electrons. The Morgan fingerprint density at radius 3 is 2.43 bits per heavy atom. The Hall–Kier alpha value is -3.71. The molecule has 4 N–H and O–H groups in total. The fourth-order valence-corrected chi connectivity index (χ4v) is 2.99. The molecule has 0 aliphatic rings. The number of aromatic carboxylic acids is 1. The topological polar surface area (TPSA) is 94.0 Å². The highest BCUT2D eigenvalue weighted by Crippen LogP contribution is 2.32. The van der Waals surface area contributed by atoms with Gasteiger partial charge in [0.25, 0.3) is 0 Å². The number of thiocarbonyl (C=S) groups is 1. The Kier molecular flexibility index (Phi) is 6.44. The summed E-state index contributed by atoms with van der Waals surface area (Å²) in [5.41, 5.74) is 8.05. The number of aromatic hydroxyl groups is 1. The second-order valence-corrected chi connectivity index (χ2v) is 7.16. The summed E-state index contributed by atoms with van der Waals surface area (Å²) < 4.78 is 0. The van der Waals surface area contributed by atoms with E-state index < -0.39 is 5.97 Å². The molecule has 30 heavy (non-hydrogen) atoms. The molecule has 0 aliphatic carbocycles. The predicted molar refractivity (Wildman–Crippen MR) is 123 cm³/mol. The van der Waals surface area contributed by atoms with Crippen LogP contribution in [0.1, 0.15) is 27.0 Å². The minimum Gasteiger partial charge on any atom is -0.507 e. The van der Waals surface area contributed by atoms with Crippen LogP contribution < -0.4 is 10.7 Å². The van der Waals surface area contributed by atoms with Gasteiger partial charge in [-0.3, -0.25) is 5.43 Å². The van der Waals surface area contributed by atoms with E-state index in [0.29, 0.717) is 11.3 Å². The molecule has 0 heterocycles. The molecule has 3 aromatic rings. The molecule has 0 aromatic heterocycles. The zero-order chi connectivity index (χ0) is 21.7. The number of carboxylic acid groups (broad SMARTS) is 1. The quantitative estimate of drug-likeness (QED) is 0.272. The molecular formula is C23H21N3O3S. The number of hydrogen-bond acceptors (Lipinski definition) is 4. The van der Waals surface area contributed by atoms with E-state index in [1.165, 1.54) is 23.9 Å². The summed E-state index contributed by atoms with van der Waals surface area (Å²) in [5, 5.41) is 26.8. The number of hydrazone groups is 1. The fourth-order valence-electron chi connectivity index (χ4n) is 2.82. The first-order valence-electron chi connectivity index (χ1n) is 9.18. The fraction of sp³-hybridized carbons (Fsp3) is 0.0870. The lowest BCUT2D eigenvalue weighted by Crippen LogP contribution is -2.23. The first-order valence-corrected chi connectivity index (χ1v) is 9.59. The van der Waals surface area contributed by atoms with Gasteiger partial charge in [0.2, 0.25) is 0 Å². The summed E-state index contributed by atoms with van der Waals surface area (Å²) in [6.45, 7) is 4.08. The van der Waals surface area contributed by atoms with Crippen LogP contribution in [-0.2, 0) is 0 Å². The number of nitrogens with one attached hydrogen (secondary N) is 2. The standard InChI is InChI=1S/C23H21N3O3S/c1-14-6-7-17(12-15(14)2)20-5-3-4-18(21(20)27)13-24-26-23(30)25-19-10-8-16(9-11-19)22(28)29/h3-13,27H,1-2H3,(H,28,29)(H2,25,26,30)/b24-13+. The maximum Gasteiger partial charge on any atom is 0.335 e. The molecule has 0 spiro atoms. The second kappa shape index (κ2) is 9.19. The first-order chi connectivity index (χ1) is 14.3. The molecule has 0 fully saturated rings. The van der Waals surface area contributed by atoms with Crippen molar-refractivity contribution >= 4 is 35.2 Å². The summed E-state index contributed by atoms with van der Waals surface area (Å²) in [7, 11) is 0. The van der Waals surface area contributed by atoms with E-state index >= 15 is 0 Å². The van der Waals surface area contributed by atoms with E-state index in [1.54, 1.807) is 18.2 Å². The molecule has 0 amide bonds. The molecule has 0 unspecified atom stereocenters. The number of phenolic OH excluding ortho intramolecular Hbond substituents is 1. The average Bonchev–Trinajstić information content (AvgIpc) is 2.72. The van der Waals surface area contributed by atoms with Crippen molar-refractivity contribution in [3.8, 4) is 16.9 Å². The van der Waals surface area contributed by atoms with Crippen molar-refractivity contribution in [2.75, 3.05) is 5.32 Å². The Bertz CT molecular complexity index is 1130. The van der Waals surface area contributed by atoms with Gasteiger partial charge in [-0.05, 0) is 73.1 Å². The molecule has 0 bridgehead atoms. The van der Waals surface area contributed by atoms with Crippen molar-refractivity contribution in [1.82, 2.24) is 5.43 Å². The lowest BCUT2D eigenvalue weighted by molar-refractivity contribution is 0.0697. The minimum atomic E-state index is -0.991. The summed E-state index contributed by atoms with van der Waals surface area (Å²) in [5.74, 6) is -0.857. The van der Waals surface area contributed by atoms with Crippen LogP contribution in [0.4, 0.5) is 5.69 Å². The van der Waals surface area contributed by atoms with Crippen LogP contribution in [0.2, 0.25) is 0 Å². The van der Waals surface area contributed by atoms with Crippen LogP contribution in [0.25, 0.3) is 11.1 Å². The second-order valence-electron chi connectivity index (χ2n) is 6.75. The molecule has 0 atom stereocenters. The smallest absolute Gasteiger partial charge is 0.335 e. The largest absolute Gasteiger partial charge is 0.507 e. The summed E-state index contributed by atoms with van der Waals surface area (Å²) in [4.78, 5) is 10.9. The highest BCUT2D eigenvalue weighted by atomic mass is 32.1. The van der Waals surface area contributed by atoms with Gasteiger partial charge in [-0.25, -0.2) is 4.79 Å². The molecule has 3 rings (SSSR count). The van der Waals surface area contributed by atoms with Gasteiger partial charge in [-0.1, -0.05) is 30.3 Å². The number of hydrogen-bond donors (Lipinski definition) is 4. The molecule has 0 aliphatic heterocycles. The zero-order valence-corrected chi connectivity index (χ0v) is 17.3. The third kappa shape index (κ3) is 5.01. The number of para-hydroxylation sites is 1. The monoisotopic (exact) mass is 419 g/mol. The summed E-state index contributed by atoms with van der Waals surface area (Å²) >= 11 is 5.18. The number of phenols is 1. The van der Waals surface area contributed by atoms with Gasteiger partial charge >= 0.3 is 5.97 Å². The van der Waals surface area contributed by atoms with Gasteiger partial charge in [-0.15, -0.1) is 0 Å². The number of benzene rings is 3. The summed E-state index contributed by atoms with van der Waals surface area (Å²) in [6, 6.07) is 17.7. The van der Waals surface area contributed by atoms with Gasteiger partial charge in [0, 0.05) is 16.8 Å². The van der Waals surface area contributed by atoms with Crippen molar-refractivity contribution in [2.24, 2.45) is 5.10 Å². The number of nitrogens with zero attached hydrogens (tertiary/aromatic N) is 1. The van der Waals surface area contributed by atoms with Crippen LogP contribution in [0.3, 0.4) is 0 Å². The average molecular weight is 420 g/mol. The van der Waals surface area contributed by atoms with Crippen LogP contribution in [-0.4, -0.2) is 27.5 Å². The normalized spacial score (nSPS) is 10.7. The molecule has 7 heteroatoms. The lowest BCUT2D eigenvalue weighted by Gasteiger charge is -2.10. The first kappa shape index (κ1) is 21.0. The van der Waals surface area contributed by atoms with Crippen LogP contribution in [0, 0.1) is 13.8 Å². The van der Waals surface area contributed by atoms with Crippen LogP contribution in [0.15, 0.2) is 65.8 Å². The molecule has 0 saturated carbocycles. The molecule has 152 valence electrons. The van der Waals surface area contributed by atoms with Crippen molar-refractivity contribution in [1.29, 1.82) is 0 Å². The number of rotatable bonds is 5. The Balaban J connectivity index is 1.68. The molecule has 3 aromatic carbocycles. The number of carboxylic acids is 1. The van der Waals surface area contributed by atoms with Gasteiger partial charge in [0.05, 0.1) is 11.8 Å². The van der Waals surface area contributed by atoms with E-state index in [0.717, 1.165) is 16.7 Å². The van der Waals surface area contributed by atoms with E-state index in [9.17, 15) is 9.90 Å². The van der Waals surface area contributed by atoms with E-state index in [-0.39, 0.29) is 16.4 Å². The minimum absolute atomic E-state index is 0.134.